The lowest BCUT2D eigenvalue weighted by Crippen LogP contribution is -2.00. The summed E-state index contributed by atoms with van der Waals surface area (Å²) < 4.78 is 0. The van der Waals surface area contributed by atoms with Gasteiger partial charge in [-0.25, -0.2) is 0 Å². The molecule has 1 rings (SSSR count). The summed E-state index contributed by atoms with van der Waals surface area (Å²) in [5, 5.41) is 9.16. The van der Waals surface area contributed by atoms with Crippen LogP contribution in [0.1, 0.15) is 12.8 Å². The van der Waals surface area contributed by atoms with E-state index in [0.29, 0.717) is 0 Å². The molecule has 1 N–H and O–H groups in total. The van der Waals surface area contributed by atoms with E-state index in [1.165, 1.54) is 0 Å². The van der Waals surface area contributed by atoms with E-state index in [2.05, 4.69) is 18.9 Å². The van der Waals surface area contributed by atoms with Crippen LogP contribution < -0.4 is 0 Å². The van der Waals surface area contributed by atoms with Crippen molar-refractivity contribution in [3.05, 3.63) is 30.0 Å². The maximum absolute atomic E-state index is 9.16. The fourth-order valence-corrected chi connectivity index (χ4v) is 1.07. The SMILES string of the molecule is C=C=C1C(=C)CC[C@@H]1O. The predicted octanol–water partition coefficient (Wildman–Crippen LogP) is 1.41. The molecular formula is C8H10O. The van der Waals surface area contributed by atoms with Crippen LogP contribution in [0.2, 0.25) is 0 Å². The third-order valence-electron chi connectivity index (χ3n) is 1.62. The summed E-state index contributed by atoms with van der Waals surface area (Å²) in [6.07, 6.45) is 1.32. The Balaban J connectivity index is 2.91. The zero-order valence-corrected chi connectivity index (χ0v) is 5.35. The van der Waals surface area contributed by atoms with E-state index in [1.807, 2.05) is 0 Å². The van der Waals surface area contributed by atoms with E-state index in [4.69, 9.17) is 5.11 Å². The lowest BCUT2D eigenvalue weighted by Gasteiger charge is -1.98. The fourth-order valence-electron chi connectivity index (χ4n) is 1.07. The first-order chi connectivity index (χ1) is 4.25. The molecule has 1 fully saturated rings. The number of aliphatic hydroxyl groups excluding tert-OH is 1. The highest BCUT2D eigenvalue weighted by molar-refractivity contribution is 5.35. The van der Waals surface area contributed by atoms with Crippen LogP contribution in [0.5, 0.6) is 0 Å². The molecular weight excluding hydrogens is 112 g/mol. The standard InChI is InChI=1S/C8H10O/c1-3-7-6(2)4-5-8(7)9/h8-9H,1-2,4-5H2/t8-/m0/s1. The molecule has 0 spiro atoms. The molecule has 0 unspecified atom stereocenters. The van der Waals surface area contributed by atoms with Crippen molar-refractivity contribution in [2.45, 2.75) is 18.9 Å². The van der Waals surface area contributed by atoms with Crippen molar-refractivity contribution in [3.63, 3.8) is 0 Å². The molecule has 0 bridgehead atoms. The quantitative estimate of drug-likeness (QED) is 0.481. The topological polar surface area (TPSA) is 20.2 Å². The Morgan fingerprint density at radius 1 is 1.67 bits per heavy atom. The second-order valence-electron chi connectivity index (χ2n) is 2.25. The van der Waals surface area contributed by atoms with E-state index >= 15 is 0 Å². The van der Waals surface area contributed by atoms with Gasteiger partial charge in [-0.2, -0.15) is 0 Å². The van der Waals surface area contributed by atoms with Gasteiger partial charge in [-0.05, 0) is 18.4 Å². The summed E-state index contributed by atoms with van der Waals surface area (Å²) in [6, 6.07) is 0. The normalized spacial score (nSPS) is 26.6. The van der Waals surface area contributed by atoms with Gasteiger partial charge in [0, 0.05) is 5.57 Å². The average Bonchev–Trinajstić information content (AvgIpc) is 2.12. The first-order valence-electron chi connectivity index (χ1n) is 3.02. The minimum absolute atomic E-state index is 0.352. The largest absolute Gasteiger partial charge is 0.388 e. The van der Waals surface area contributed by atoms with Crippen molar-refractivity contribution < 1.29 is 5.11 Å². The molecule has 0 radical (unpaired) electrons. The molecule has 9 heavy (non-hydrogen) atoms. The van der Waals surface area contributed by atoms with Gasteiger partial charge in [-0.15, -0.1) is 5.73 Å². The Bertz CT molecular complexity index is 185. The van der Waals surface area contributed by atoms with E-state index in [1.54, 1.807) is 0 Å². The van der Waals surface area contributed by atoms with Crippen LogP contribution in [-0.2, 0) is 0 Å². The highest BCUT2D eigenvalue weighted by atomic mass is 16.3. The maximum Gasteiger partial charge on any atom is 0.0867 e. The summed E-state index contributed by atoms with van der Waals surface area (Å²) in [5.74, 6) is 0. The van der Waals surface area contributed by atoms with Crippen LogP contribution >= 0.6 is 0 Å². The van der Waals surface area contributed by atoms with Crippen molar-refractivity contribution in [3.8, 4) is 0 Å². The summed E-state index contributed by atoms with van der Waals surface area (Å²) in [4.78, 5) is 0. The van der Waals surface area contributed by atoms with Gasteiger partial charge in [-0.3, -0.25) is 0 Å². The van der Waals surface area contributed by atoms with Crippen LogP contribution in [0.15, 0.2) is 30.0 Å². The van der Waals surface area contributed by atoms with Crippen LogP contribution in [-0.4, -0.2) is 11.2 Å². The van der Waals surface area contributed by atoms with Crippen LogP contribution in [0.25, 0.3) is 0 Å². The maximum atomic E-state index is 9.16. The third-order valence-corrected chi connectivity index (χ3v) is 1.62. The van der Waals surface area contributed by atoms with Gasteiger partial charge in [0.25, 0.3) is 0 Å². The summed E-state index contributed by atoms with van der Waals surface area (Å²) in [5.41, 5.74) is 4.47. The predicted molar refractivity (Wildman–Crippen MR) is 37.0 cm³/mol. The van der Waals surface area contributed by atoms with Crippen molar-refractivity contribution in [2.24, 2.45) is 0 Å². The highest BCUT2D eigenvalue weighted by Crippen LogP contribution is 2.27. The number of rotatable bonds is 0. The smallest absolute Gasteiger partial charge is 0.0867 e. The zero-order chi connectivity index (χ0) is 6.85. The van der Waals surface area contributed by atoms with E-state index < -0.39 is 0 Å². The van der Waals surface area contributed by atoms with Crippen molar-refractivity contribution in [1.29, 1.82) is 0 Å². The monoisotopic (exact) mass is 122 g/mol. The molecule has 1 aliphatic rings. The van der Waals surface area contributed by atoms with Crippen molar-refractivity contribution in [2.75, 3.05) is 0 Å². The van der Waals surface area contributed by atoms with Crippen molar-refractivity contribution >= 4 is 0 Å². The highest BCUT2D eigenvalue weighted by Gasteiger charge is 2.20. The summed E-state index contributed by atoms with van der Waals surface area (Å²) >= 11 is 0. The Morgan fingerprint density at radius 3 is 2.56 bits per heavy atom. The molecule has 1 heteroatoms. The third kappa shape index (κ3) is 0.973. The number of hydrogen-bond acceptors (Lipinski definition) is 1. The molecule has 1 saturated carbocycles. The number of hydrogen-bond donors (Lipinski definition) is 1. The van der Waals surface area contributed by atoms with Crippen molar-refractivity contribution in [1.82, 2.24) is 0 Å². The van der Waals surface area contributed by atoms with Crippen LogP contribution in [0, 0.1) is 0 Å². The van der Waals surface area contributed by atoms with E-state index in [9.17, 15) is 0 Å². The molecule has 0 saturated heterocycles. The molecule has 0 aromatic heterocycles. The first-order valence-corrected chi connectivity index (χ1v) is 3.02. The van der Waals surface area contributed by atoms with E-state index in [0.717, 1.165) is 24.0 Å². The molecule has 0 heterocycles. The van der Waals surface area contributed by atoms with Crippen LogP contribution in [0.4, 0.5) is 0 Å². The molecule has 1 aliphatic carbocycles. The second-order valence-corrected chi connectivity index (χ2v) is 2.25. The van der Waals surface area contributed by atoms with Gasteiger partial charge < -0.3 is 5.11 Å². The van der Waals surface area contributed by atoms with Gasteiger partial charge in [0.05, 0.1) is 6.10 Å². The van der Waals surface area contributed by atoms with Crippen LogP contribution in [0.3, 0.4) is 0 Å². The minimum Gasteiger partial charge on any atom is -0.388 e. The lowest BCUT2D eigenvalue weighted by molar-refractivity contribution is 0.218. The first kappa shape index (κ1) is 6.34. The van der Waals surface area contributed by atoms with Gasteiger partial charge in [0.2, 0.25) is 0 Å². The average molecular weight is 122 g/mol. The zero-order valence-electron chi connectivity index (χ0n) is 5.35. The Kier molecular flexibility index (Phi) is 1.56. The van der Waals surface area contributed by atoms with Gasteiger partial charge >= 0.3 is 0 Å². The summed E-state index contributed by atoms with van der Waals surface area (Å²) in [7, 11) is 0. The summed E-state index contributed by atoms with van der Waals surface area (Å²) in [6.45, 7) is 7.22. The molecule has 0 aromatic rings. The second kappa shape index (κ2) is 2.22. The van der Waals surface area contributed by atoms with Gasteiger partial charge in [0.15, 0.2) is 0 Å². The molecule has 1 atom stereocenters. The number of aliphatic hydroxyl groups is 1. The molecule has 0 amide bonds. The molecule has 0 aromatic carbocycles. The Labute approximate surface area is 55.0 Å². The molecule has 0 aliphatic heterocycles. The lowest BCUT2D eigenvalue weighted by atomic mass is 10.1. The Hall–Kier alpha value is -0.780. The minimum atomic E-state index is -0.352. The van der Waals surface area contributed by atoms with Gasteiger partial charge in [0.1, 0.15) is 0 Å². The van der Waals surface area contributed by atoms with Gasteiger partial charge in [-0.1, -0.05) is 13.2 Å². The fraction of sp³-hybridized carbons (Fsp3) is 0.375. The molecule has 48 valence electrons. The Morgan fingerprint density at radius 2 is 2.33 bits per heavy atom. The van der Waals surface area contributed by atoms with E-state index in [-0.39, 0.29) is 6.10 Å². The molecule has 1 nitrogen and oxygen atoms in total.